The van der Waals surface area contributed by atoms with Gasteiger partial charge in [-0.2, -0.15) is 0 Å². The van der Waals surface area contributed by atoms with Crippen LogP contribution < -0.4 is 0 Å². The molecule has 0 amide bonds. The lowest BCUT2D eigenvalue weighted by Crippen LogP contribution is -2.30. The summed E-state index contributed by atoms with van der Waals surface area (Å²) < 4.78 is 16.9. The van der Waals surface area contributed by atoms with Crippen LogP contribution in [0.25, 0.3) is 0 Å². The molecule has 1 atom stereocenters. The standard InChI is InChI=1S/C74H124O6/c1-4-7-10-13-16-19-22-25-28-31-33-35-37-39-41-43-46-49-52-55-58-61-64-67-73(76)79-70-71(69-78-72(75)66-63-60-57-54-51-48-45-30-27-24-21-18-15-12-9-6-3)80-74(77)68-65-62-59-56-53-50-47-44-42-40-38-36-34-32-29-26-23-20-17-14-11-8-5-2/h7,10,16,19,21,23-26,28,30,32-35,39,41,45-46,49,71H,4-6,8-9,11-15,17-18,20,22,27,29,31,36-38,40,42-44,47-48,50-70H2,1-3H3/b10-7-,19-16-,24-21-,26-23-,28-25-,34-32-,35-33-,41-39-,45-30-,49-46-. The van der Waals surface area contributed by atoms with E-state index in [0.717, 1.165) is 141 Å². The zero-order valence-corrected chi connectivity index (χ0v) is 52.3. The molecule has 6 nitrogen and oxygen atoms in total. The Hall–Kier alpha value is -4.19. The van der Waals surface area contributed by atoms with E-state index in [-0.39, 0.29) is 31.1 Å². The molecule has 0 saturated heterocycles. The first-order valence-corrected chi connectivity index (χ1v) is 33.5. The molecule has 6 heteroatoms. The van der Waals surface area contributed by atoms with Gasteiger partial charge in [0, 0.05) is 19.3 Å². The van der Waals surface area contributed by atoms with Crippen LogP contribution in [0.2, 0.25) is 0 Å². The smallest absolute Gasteiger partial charge is 0.306 e. The fourth-order valence-corrected chi connectivity index (χ4v) is 9.15. The summed E-state index contributed by atoms with van der Waals surface area (Å²) in [6.07, 6.45) is 93.4. The molecular formula is C74H124O6. The van der Waals surface area contributed by atoms with E-state index in [0.29, 0.717) is 19.3 Å². The van der Waals surface area contributed by atoms with Crippen LogP contribution in [0.4, 0.5) is 0 Å². The van der Waals surface area contributed by atoms with Crippen LogP contribution in [0.5, 0.6) is 0 Å². The first-order valence-electron chi connectivity index (χ1n) is 33.5. The SMILES string of the molecule is CC/C=C\C/C=C\C/C=C\C/C=C\C/C=C\C/C=C\CCCCCCC(=O)OCC(COC(=O)CCCCCCC/C=C\C/C=C\CCCCCC)OC(=O)CCCCCCCCCCCCC/C=C\C/C=C\CCCCCCC. The minimum absolute atomic E-state index is 0.0961. The molecule has 0 N–H and O–H groups in total. The van der Waals surface area contributed by atoms with E-state index in [1.807, 2.05) is 0 Å². The van der Waals surface area contributed by atoms with Crippen molar-refractivity contribution in [3.8, 4) is 0 Å². The van der Waals surface area contributed by atoms with Gasteiger partial charge in [-0.3, -0.25) is 14.4 Å². The highest BCUT2D eigenvalue weighted by Gasteiger charge is 2.19. The third kappa shape index (κ3) is 64.6. The maximum Gasteiger partial charge on any atom is 0.306 e. The maximum absolute atomic E-state index is 13.0. The summed E-state index contributed by atoms with van der Waals surface area (Å²) in [5.74, 6) is -0.929. The molecule has 0 aromatic rings. The van der Waals surface area contributed by atoms with E-state index in [4.69, 9.17) is 14.2 Å². The van der Waals surface area contributed by atoms with Crippen molar-refractivity contribution in [3.63, 3.8) is 0 Å². The molecule has 0 aliphatic rings. The van der Waals surface area contributed by atoms with Crippen molar-refractivity contribution >= 4 is 17.9 Å². The van der Waals surface area contributed by atoms with Crippen molar-refractivity contribution in [3.05, 3.63) is 122 Å². The number of ether oxygens (including phenoxy) is 3. The van der Waals surface area contributed by atoms with Crippen molar-refractivity contribution < 1.29 is 28.6 Å². The van der Waals surface area contributed by atoms with E-state index in [1.165, 1.54) is 128 Å². The predicted molar refractivity (Wildman–Crippen MR) is 348 cm³/mol. The third-order valence-electron chi connectivity index (χ3n) is 14.2. The van der Waals surface area contributed by atoms with Gasteiger partial charge < -0.3 is 14.2 Å². The van der Waals surface area contributed by atoms with Crippen LogP contribution >= 0.6 is 0 Å². The van der Waals surface area contributed by atoms with Crippen LogP contribution in [-0.2, 0) is 28.6 Å². The largest absolute Gasteiger partial charge is 0.462 e. The number of carbonyl (C=O) groups excluding carboxylic acids is 3. The van der Waals surface area contributed by atoms with Crippen LogP contribution in [0.15, 0.2) is 122 Å². The molecule has 0 heterocycles. The molecule has 456 valence electrons. The Balaban J connectivity index is 4.45. The molecule has 0 aliphatic heterocycles. The molecule has 0 radical (unpaired) electrons. The highest BCUT2D eigenvalue weighted by molar-refractivity contribution is 5.71. The number of hydrogen-bond acceptors (Lipinski definition) is 6. The number of allylic oxidation sites excluding steroid dienone is 20. The molecule has 0 rings (SSSR count). The topological polar surface area (TPSA) is 78.9 Å². The minimum Gasteiger partial charge on any atom is -0.462 e. The van der Waals surface area contributed by atoms with Gasteiger partial charge in [0.1, 0.15) is 13.2 Å². The number of carbonyl (C=O) groups is 3. The Labute approximate surface area is 494 Å². The first kappa shape index (κ1) is 75.8. The van der Waals surface area contributed by atoms with Gasteiger partial charge in [-0.05, 0) is 135 Å². The zero-order valence-electron chi connectivity index (χ0n) is 52.3. The minimum atomic E-state index is -0.801. The van der Waals surface area contributed by atoms with Gasteiger partial charge in [-0.15, -0.1) is 0 Å². The molecule has 80 heavy (non-hydrogen) atoms. The number of esters is 3. The highest BCUT2D eigenvalue weighted by atomic mass is 16.6. The average Bonchev–Trinajstić information content (AvgIpc) is 3.46. The van der Waals surface area contributed by atoms with E-state index < -0.39 is 6.10 Å². The third-order valence-corrected chi connectivity index (χ3v) is 14.2. The van der Waals surface area contributed by atoms with E-state index in [9.17, 15) is 14.4 Å². The number of rotatable bonds is 60. The lowest BCUT2D eigenvalue weighted by molar-refractivity contribution is -0.167. The van der Waals surface area contributed by atoms with E-state index in [1.54, 1.807) is 0 Å². The van der Waals surface area contributed by atoms with Gasteiger partial charge >= 0.3 is 17.9 Å². The second kappa shape index (κ2) is 67.3. The first-order chi connectivity index (χ1) is 39.5. The number of unbranched alkanes of at least 4 members (excludes halogenated alkanes) is 29. The average molecular weight is 1110 g/mol. The summed E-state index contributed by atoms with van der Waals surface area (Å²) in [5, 5.41) is 0. The van der Waals surface area contributed by atoms with Gasteiger partial charge in [0.15, 0.2) is 6.10 Å². The highest BCUT2D eigenvalue weighted by Crippen LogP contribution is 2.16. The summed E-state index contributed by atoms with van der Waals surface area (Å²) >= 11 is 0. The Morgan fingerprint density at radius 2 is 0.487 bits per heavy atom. The summed E-state index contributed by atoms with van der Waals surface area (Å²) in [7, 11) is 0. The summed E-state index contributed by atoms with van der Waals surface area (Å²) in [6, 6.07) is 0. The molecule has 0 aromatic heterocycles. The fraction of sp³-hybridized carbons (Fsp3) is 0.689. The zero-order chi connectivity index (χ0) is 57.8. The fourth-order valence-electron chi connectivity index (χ4n) is 9.15. The van der Waals surface area contributed by atoms with Gasteiger partial charge in [0.05, 0.1) is 0 Å². The van der Waals surface area contributed by atoms with Crippen molar-refractivity contribution in [2.45, 2.75) is 316 Å². The summed E-state index contributed by atoms with van der Waals surface area (Å²) in [5.41, 5.74) is 0. The molecule has 0 bridgehead atoms. The Morgan fingerprint density at radius 1 is 0.263 bits per heavy atom. The van der Waals surface area contributed by atoms with E-state index in [2.05, 4.69) is 142 Å². The Kier molecular flexibility index (Phi) is 63.8. The monoisotopic (exact) mass is 1110 g/mol. The van der Waals surface area contributed by atoms with Crippen LogP contribution in [-0.4, -0.2) is 37.2 Å². The molecule has 0 fully saturated rings. The van der Waals surface area contributed by atoms with Crippen LogP contribution in [0.3, 0.4) is 0 Å². The lowest BCUT2D eigenvalue weighted by Gasteiger charge is -2.18. The van der Waals surface area contributed by atoms with Crippen molar-refractivity contribution in [1.82, 2.24) is 0 Å². The van der Waals surface area contributed by atoms with Gasteiger partial charge in [-0.1, -0.05) is 277 Å². The number of hydrogen-bond donors (Lipinski definition) is 0. The molecule has 0 saturated carbocycles. The normalized spacial score (nSPS) is 12.9. The van der Waals surface area contributed by atoms with Gasteiger partial charge in [0.25, 0.3) is 0 Å². The van der Waals surface area contributed by atoms with Crippen molar-refractivity contribution in [2.75, 3.05) is 13.2 Å². The van der Waals surface area contributed by atoms with Crippen LogP contribution in [0, 0.1) is 0 Å². The predicted octanol–water partition coefficient (Wildman–Crippen LogP) is 23.2. The Bertz CT molecular complexity index is 1650. The maximum atomic E-state index is 13.0. The lowest BCUT2D eigenvalue weighted by atomic mass is 10.0. The summed E-state index contributed by atoms with van der Waals surface area (Å²) in [4.78, 5) is 38.4. The Morgan fingerprint density at radius 3 is 0.775 bits per heavy atom. The van der Waals surface area contributed by atoms with Gasteiger partial charge in [-0.25, -0.2) is 0 Å². The van der Waals surface area contributed by atoms with Crippen molar-refractivity contribution in [1.29, 1.82) is 0 Å². The molecule has 0 aromatic carbocycles. The molecule has 1 unspecified atom stereocenters. The van der Waals surface area contributed by atoms with Crippen molar-refractivity contribution in [2.24, 2.45) is 0 Å². The second-order valence-electron chi connectivity index (χ2n) is 22.0. The van der Waals surface area contributed by atoms with Crippen LogP contribution in [0.1, 0.15) is 310 Å². The van der Waals surface area contributed by atoms with Gasteiger partial charge in [0.2, 0.25) is 0 Å². The second-order valence-corrected chi connectivity index (χ2v) is 22.0. The molecule has 0 spiro atoms. The quantitative estimate of drug-likeness (QED) is 0.0261. The molecule has 0 aliphatic carbocycles. The summed E-state index contributed by atoms with van der Waals surface area (Å²) in [6.45, 7) is 6.49. The van der Waals surface area contributed by atoms with E-state index >= 15 is 0 Å². The molecular weight excluding hydrogens is 985 g/mol.